The van der Waals surface area contributed by atoms with Crippen LogP contribution >= 0.6 is 23.2 Å². The van der Waals surface area contributed by atoms with Gasteiger partial charge < -0.3 is 0 Å². The fourth-order valence-electron chi connectivity index (χ4n) is 1.53. The fourth-order valence-corrected chi connectivity index (χ4v) is 1.94. The van der Waals surface area contributed by atoms with Crippen molar-refractivity contribution in [2.75, 3.05) is 0 Å². The van der Waals surface area contributed by atoms with Gasteiger partial charge >= 0.3 is 0 Å². The number of nitrogens with zero attached hydrogens (tertiary/aromatic N) is 4. The topological polar surface area (TPSA) is 43.6 Å². The Morgan fingerprint density at radius 3 is 2.50 bits per heavy atom. The van der Waals surface area contributed by atoms with Gasteiger partial charge in [-0.3, -0.25) is 0 Å². The minimum Gasteiger partial charge on any atom is -0.206 e. The summed E-state index contributed by atoms with van der Waals surface area (Å²) in [6.45, 7) is 0. The Hall–Kier alpha value is -1.13. The van der Waals surface area contributed by atoms with Crippen LogP contribution < -0.4 is 0 Å². The van der Waals surface area contributed by atoms with Crippen LogP contribution in [-0.2, 0) is 0 Å². The molecule has 1 aliphatic rings. The maximum atomic E-state index is 5.81. The van der Waals surface area contributed by atoms with Crippen LogP contribution in [0.25, 0.3) is 5.95 Å². The van der Waals surface area contributed by atoms with E-state index in [0.29, 0.717) is 22.2 Å². The molecule has 4 nitrogen and oxygen atoms in total. The van der Waals surface area contributed by atoms with E-state index >= 15 is 0 Å². The normalized spacial score (nSPS) is 15.4. The summed E-state index contributed by atoms with van der Waals surface area (Å²) in [5.74, 6) is 1.01. The Balaban J connectivity index is 2.00. The van der Waals surface area contributed by atoms with E-state index in [4.69, 9.17) is 23.2 Å². The van der Waals surface area contributed by atoms with Crippen molar-refractivity contribution in [3.05, 3.63) is 34.3 Å². The molecule has 1 saturated carbocycles. The van der Waals surface area contributed by atoms with Crippen molar-refractivity contribution in [2.45, 2.75) is 18.8 Å². The van der Waals surface area contributed by atoms with E-state index < -0.39 is 0 Å². The molecule has 3 rings (SSSR count). The van der Waals surface area contributed by atoms with Gasteiger partial charge in [-0.2, -0.15) is 15.1 Å². The minimum absolute atomic E-state index is 0.318. The van der Waals surface area contributed by atoms with Crippen molar-refractivity contribution < 1.29 is 0 Å². The average molecular weight is 255 g/mol. The van der Waals surface area contributed by atoms with Crippen molar-refractivity contribution in [1.29, 1.82) is 0 Å². The second-order valence-electron chi connectivity index (χ2n) is 3.77. The second-order valence-corrected chi connectivity index (χ2v) is 4.55. The molecule has 82 valence electrons. The zero-order chi connectivity index (χ0) is 11.1. The first-order valence-electron chi connectivity index (χ1n) is 4.98. The molecule has 16 heavy (non-hydrogen) atoms. The van der Waals surface area contributed by atoms with Crippen molar-refractivity contribution in [2.24, 2.45) is 0 Å². The number of hydrogen-bond acceptors (Lipinski definition) is 3. The molecule has 1 fully saturated rings. The molecule has 0 N–H and O–H groups in total. The summed E-state index contributed by atoms with van der Waals surface area (Å²) in [5.41, 5.74) is 1.08. The van der Waals surface area contributed by atoms with E-state index in [2.05, 4.69) is 15.1 Å². The number of aromatic nitrogens is 4. The Labute approximate surface area is 102 Å². The van der Waals surface area contributed by atoms with Gasteiger partial charge in [0, 0.05) is 18.2 Å². The molecule has 0 aromatic carbocycles. The van der Waals surface area contributed by atoms with Crippen LogP contribution in [0, 0.1) is 0 Å². The van der Waals surface area contributed by atoms with Crippen LogP contribution in [-0.4, -0.2) is 19.7 Å². The molecule has 1 aliphatic carbocycles. The number of hydrogen-bond donors (Lipinski definition) is 0. The molecule has 2 aromatic rings. The van der Waals surface area contributed by atoms with Gasteiger partial charge in [-0.05, 0) is 18.9 Å². The second kappa shape index (κ2) is 3.71. The molecule has 6 heteroatoms. The highest BCUT2D eigenvalue weighted by molar-refractivity contribution is 6.33. The number of halogens is 2. The largest absolute Gasteiger partial charge is 0.253 e. The van der Waals surface area contributed by atoms with Gasteiger partial charge in [0.1, 0.15) is 10.3 Å². The monoisotopic (exact) mass is 254 g/mol. The summed E-state index contributed by atoms with van der Waals surface area (Å²) in [5, 5.41) is 5.04. The molecular formula is C10H8Cl2N4. The Kier molecular flexibility index (Phi) is 2.33. The highest BCUT2D eigenvalue weighted by Crippen LogP contribution is 2.38. The number of rotatable bonds is 2. The smallest absolute Gasteiger partial charge is 0.206 e. The summed E-state index contributed by atoms with van der Waals surface area (Å²) in [7, 11) is 0. The van der Waals surface area contributed by atoms with Crippen LogP contribution in [0.5, 0.6) is 0 Å². The summed E-state index contributed by atoms with van der Waals surface area (Å²) in [6.07, 6.45) is 4.26. The first-order chi connectivity index (χ1) is 7.72. The lowest BCUT2D eigenvalue weighted by Gasteiger charge is -2.00. The lowest BCUT2D eigenvalue weighted by Crippen LogP contribution is -2.02. The van der Waals surface area contributed by atoms with Gasteiger partial charge in [0.15, 0.2) is 0 Å². The average Bonchev–Trinajstić information content (AvgIpc) is 2.95. The van der Waals surface area contributed by atoms with E-state index in [0.717, 1.165) is 5.69 Å². The molecule has 0 unspecified atom stereocenters. The third-order valence-electron chi connectivity index (χ3n) is 2.46. The summed E-state index contributed by atoms with van der Waals surface area (Å²) >= 11 is 11.6. The van der Waals surface area contributed by atoms with E-state index in [1.165, 1.54) is 18.9 Å². The first kappa shape index (κ1) is 10.1. The third kappa shape index (κ3) is 1.90. The lowest BCUT2D eigenvalue weighted by molar-refractivity contribution is 0.783. The van der Waals surface area contributed by atoms with Crippen molar-refractivity contribution in [3.63, 3.8) is 0 Å². The summed E-state index contributed by atoms with van der Waals surface area (Å²) in [6, 6.07) is 3.48. The van der Waals surface area contributed by atoms with Gasteiger partial charge in [0.2, 0.25) is 0 Å². The predicted octanol–water partition coefficient (Wildman–Crippen LogP) is 2.85. The molecule has 0 saturated heterocycles. The van der Waals surface area contributed by atoms with Gasteiger partial charge in [0.25, 0.3) is 5.95 Å². The van der Waals surface area contributed by atoms with Gasteiger partial charge in [-0.1, -0.05) is 23.2 Å². The minimum atomic E-state index is 0.318. The van der Waals surface area contributed by atoms with Crippen LogP contribution in [0.1, 0.15) is 24.5 Å². The van der Waals surface area contributed by atoms with E-state index in [9.17, 15) is 0 Å². The maximum absolute atomic E-state index is 5.81. The van der Waals surface area contributed by atoms with Crippen LogP contribution in [0.3, 0.4) is 0 Å². The molecule has 0 atom stereocenters. The molecule has 0 radical (unpaired) electrons. The van der Waals surface area contributed by atoms with E-state index in [-0.39, 0.29) is 0 Å². The Bertz CT molecular complexity index is 513. The predicted molar refractivity (Wildman–Crippen MR) is 61.1 cm³/mol. The van der Waals surface area contributed by atoms with Crippen molar-refractivity contribution in [3.8, 4) is 5.95 Å². The summed E-state index contributed by atoms with van der Waals surface area (Å²) < 4.78 is 1.60. The quantitative estimate of drug-likeness (QED) is 0.775. The molecular weight excluding hydrogens is 247 g/mol. The fraction of sp³-hybridized carbons (Fsp3) is 0.300. The molecule has 0 bridgehead atoms. The highest BCUT2D eigenvalue weighted by Gasteiger charge is 2.26. The van der Waals surface area contributed by atoms with Crippen LogP contribution in [0.15, 0.2) is 18.3 Å². The molecule has 0 amide bonds. The molecule has 0 spiro atoms. The van der Waals surface area contributed by atoms with E-state index in [1.807, 2.05) is 12.3 Å². The molecule has 2 aromatic heterocycles. The van der Waals surface area contributed by atoms with Gasteiger partial charge in [-0.15, -0.1) is 0 Å². The Morgan fingerprint density at radius 2 is 1.88 bits per heavy atom. The standard InChI is InChI=1S/C10H8Cl2N4/c11-8-5-9(12)14-10(13-8)16-4-3-7(15-16)6-1-2-6/h3-6H,1-2H2. The third-order valence-corrected chi connectivity index (χ3v) is 2.85. The van der Waals surface area contributed by atoms with Crippen molar-refractivity contribution >= 4 is 23.2 Å². The SMILES string of the molecule is Clc1cc(Cl)nc(-n2ccc(C3CC3)n2)n1. The lowest BCUT2D eigenvalue weighted by atomic mass is 10.3. The van der Waals surface area contributed by atoms with E-state index in [1.54, 1.807) is 4.68 Å². The van der Waals surface area contributed by atoms with Gasteiger partial charge in [0.05, 0.1) is 5.69 Å². The molecule has 0 aliphatic heterocycles. The van der Waals surface area contributed by atoms with Crippen LogP contribution in [0.2, 0.25) is 10.3 Å². The van der Waals surface area contributed by atoms with Gasteiger partial charge in [-0.25, -0.2) is 4.68 Å². The maximum Gasteiger partial charge on any atom is 0.253 e. The zero-order valence-electron chi connectivity index (χ0n) is 8.27. The van der Waals surface area contributed by atoms with Crippen molar-refractivity contribution in [1.82, 2.24) is 19.7 Å². The highest BCUT2D eigenvalue weighted by atomic mass is 35.5. The molecule has 2 heterocycles. The Morgan fingerprint density at radius 1 is 1.19 bits per heavy atom. The first-order valence-corrected chi connectivity index (χ1v) is 5.74. The summed E-state index contributed by atoms with van der Waals surface area (Å²) in [4.78, 5) is 8.14. The zero-order valence-corrected chi connectivity index (χ0v) is 9.78. The van der Waals surface area contributed by atoms with Crippen LogP contribution in [0.4, 0.5) is 0 Å².